The Labute approximate surface area is 135 Å². The second-order valence-electron chi connectivity index (χ2n) is 7.46. The van der Waals surface area contributed by atoms with Crippen molar-refractivity contribution in [1.82, 2.24) is 0 Å². The molecule has 122 valence electrons. The fraction of sp³-hybridized carbons (Fsp3) is 0.650. The Morgan fingerprint density at radius 3 is 2.73 bits per heavy atom. The van der Waals surface area contributed by atoms with Crippen molar-refractivity contribution in [3.63, 3.8) is 0 Å². The summed E-state index contributed by atoms with van der Waals surface area (Å²) >= 11 is 0. The second-order valence-corrected chi connectivity index (χ2v) is 7.46. The highest BCUT2D eigenvalue weighted by molar-refractivity contribution is 5.91. The van der Waals surface area contributed by atoms with Crippen molar-refractivity contribution in [2.24, 2.45) is 5.92 Å². The van der Waals surface area contributed by atoms with E-state index in [0.29, 0.717) is 12.3 Å². The van der Waals surface area contributed by atoms with Gasteiger partial charge >= 0.3 is 0 Å². The van der Waals surface area contributed by atoms with Crippen LogP contribution in [-0.4, -0.2) is 17.5 Å². The minimum atomic E-state index is -0.253. The van der Waals surface area contributed by atoms with Crippen LogP contribution in [0.25, 0.3) is 0 Å². The molecule has 2 rings (SSSR count). The molecule has 0 bridgehead atoms. The molecule has 0 N–H and O–H groups in total. The predicted octanol–water partition coefficient (Wildman–Crippen LogP) is 5.15. The van der Waals surface area contributed by atoms with Crippen LogP contribution in [0.5, 0.6) is 0 Å². The largest absolute Gasteiger partial charge is 0.366 e. The third-order valence-corrected chi connectivity index (χ3v) is 5.08. The molecule has 1 saturated heterocycles. The Morgan fingerprint density at radius 1 is 1.32 bits per heavy atom. The molecule has 1 heterocycles. The molecule has 2 nitrogen and oxygen atoms in total. The van der Waals surface area contributed by atoms with Crippen molar-refractivity contribution in [3.05, 3.63) is 35.5 Å². The van der Waals surface area contributed by atoms with Gasteiger partial charge in [0.15, 0.2) is 5.78 Å². The molecule has 0 saturated carbocycles. The summed E-state index contributed by atoms with van der Waals surface area (Å²) in [6.07, 6.45) is 10.1. The van der Waals surface area contributed by atoms with Crippen LogP contribution in [0.4, 0.5) is 0 Å². The summed E-state index contributed by atoms with van der Waals surface area (Å²) in [7, 11) is 0. The van der Waals surface area contributed by atoms with Crippen molar-refractivity contribution in [2.75, 3.05) is 0 Å². The van der Waals surface area contributed by atoms with Crippen LogP contribution in [0.3, 0.4) is 0 Å². The smallest absolute Gasteiger partial charge is 0.158 e. The molecule has 1 aliphatic heterocycles. The summed E-state index contributed by atoms with van der Waals surface area (Å²) in [5.41, 5.74) is 3.60. The lowest BCUT2D eigenvalue weighted by Crippen LogP contribution is -2.18. The fourth-order valence-corrected chi connectivity index (χ4v) is 3.36. The lowest BCUT2D eigenvalue weighted by molar-refractivity contribution is -0.115. The molecule has 22 heavy (non-hydrogen) atoms. The van der Waals surface area contributed by atoms with Crippen molar-refractivity contribution in [3.8, 4) is 0 Å². The number of epoxide rings is 1. The first kappa shape index (κ1) is 17.2. The Kier molecular flexibility index (Phi) is 5.44. The first-order valence-electron chi connectivity index (χ1n) is 8.49. The lowest BCUT2D eigenvalue weighted by atomic mass is 9.86. The molecule has 0 aromatic carbocycles. The number of carbonyl (C=O) groups excluding carboxylic acids is 1. The number of ether oxygens (including phenoxy) is 1. The Balaban J connectivity index is 2.13. The van der Waals surface area contributed by atoms with Gasteiger partial charge in [-0.25, -0.2) is 0 Å². The first-order valence-corrected chi connectivity index (χ1v) is 8.49. The molecule has 0 aromatic rings. The van der Waals surface area contributed by atoms with E-state index in [1.165, 1.54) is 16.7 Å². The molecule has 2 aliphatic rings. The summed E-state index contributed by atoms with van der Waals surface area (Å²) in [6.45, 7) is 12.6. The van der Waals surface area contributed by atoms with E-state index in [9.17, 15) is 4.79 Å². The third kappa shape index (κ3) is 4.67. The molecule has 1 aliphatic carbocycles. The standard InChI is InChI=1S/C20H30O2/c1-14(2)17-10-9-15(3)7-6-8-16(4)11-18(21)13-20(5)19(12-17)22-20/h7,11,17,19H,1,6,8-10,12-13H2,2-5H3/b15-7+,16-11+/t17-,19-,20-/m1/s1. The van der Waals surface area contributed by atoms with Crippen LogP contribution in [0.2, 0.25) is 0 Å². The Hall–Kier alpha value is -1.15. The Morgan fingerprint density at radius 2 is 2.05 bits per heavy atom. The van der Waals surface area contributed by atoms with E-state index in [-0.39, 0.29) is 17.5 Å². The average Bonchev–Trinajstić information content (AvgIpc) is 3.02. The summed E-state index contributed by atoms with van der Waals surface area (Å²) < 4.78 is 5.89. The third-order valence-electron chi connectivity index (χ3n) is 5.08. The quantitative estimate of drug-likeness (QED) is 0.495. The van der Waals surface area contributed by atoms with Crippen molar-refractivity contribution in [2.45, 2.75) is 77.9 Å². The fourth-order valence-electron chi connectivity index (χ4n) is 3.36. The van der Waals surface area contributed by atoms with Crippen LogP contribution in [0.1, 0.15) is 66.2 Å². The van der Waals surface area contributed by atoms with E-state index in [2.05, 4.69) is 40.3 Å². The SMILES string of the molecule is C=C(C)[C@@H]1CC/C(C)=C/CC/C(C)=C/C(=O)C[C@@]2(C)O[C@@H]2C1. The number of ketones is 1. The molecule has 0 radical (unpaired) electrons. The minimum absolute atomic E-state index is 0.201. The van der Waals surface area contributed by atoms with Crippen molar-refractivity contribution >= 4 is 5.78 Å². The zero-order valence-electron chi connectivity index (χ0n) is 14.6. The summed E-state index contributed by atoms with van der Waals surface area (Å²) in [4.78, 5) is 12.2. The highest BCUT2D eigenvalue weighted by atomic mass is 16.6. The number of rotatable bonds is 1. The van der Waals surface area contributed by atoms with Gasteiger partial charge in [-0.1, -0.05) is 29.4 Å². The molecule has 0 aromatic heterocycles. The lowest BCUT2D eigenvalue weighted by Gasteiger charge is -2.17. The van der Waals surface area contributed by atoms with Crippen LogP contribution in [-0.2, 0) is 9.53 Å². The van der Waals surface area contributed by atoms with E-state index < -0.39 is 0 Å². The summed E-state index contributed by atoms with van der Waals surface area (Å²) in [5, 5.41) is 0. The van der Waals surface area contributed by atoms with Gasteiger partial charge < -0.3 is 4.74 Å². The number of fused-ring (bicyclic) bond motifs is 1. The number of allylic oxidation sites excluding steroid dienone is 5. The molecule has 0 amide bonds. The number of hydrogen-bond acceptors (Lipinski definition) is 2. The van der Waals surface area contributed by atoms with Crippen molar-refractivity contribution < 1.29 is 9.53 Å². The van der Waals surface area contributed by atoms with Crippen LogP contribution in [0, 0.1) is 5.92 Å². The number of hydrogen-bond donors (Lipinski definition) is 0. The molecule has 0 unspecified atom stereocenters. The van der Waals surface area contributed by atoms with Crippen molar-refractivity contribution in [1.29, 1.82) is 0 Å². The highest BCUT2D eigenvalue weighted by Gasteiger charge is 2.53. The minimum Gasteiger partial charge on any atom is -0.366 e. The van der Waals surface area contributed by atoms with Gasteiger partial charge in [0.1, 0.15) is 0 Å². The highest BCUT2D eigenvalue weighted by Crippen LogP contribution is 2.45. The second kappa shape index (κ2) is 6.95. The molecule has 3 atom stereocenters. The molecular formula is C20H30O2. The average molecular weight is 302 g/mol. The maximum Gasteiger partial charge on any atom is 0.158 e. The summed E-state index contributed by atoms with van der Waals surface area (Å²) in [6, 6.07) is 0. The molecule has 1 fully saturated rings. The zero-order chi connectivity index (χ0) is 16.3. The van der Waals surface area contributed by atoms with Gasteiger partial charge in [-0.05, 0) is 71.8 Å². The normalized spacial score (nSPS) is 38.8. The number of carbonyl (C=O) groups is 1. The maximum atomic E-state index is 12.2. The van der Waals surface area contributed by atoms with Gasteiger partial charge in [0.25, 0.3) is 0 Å². The van der Waals surface area contributed by atoms with Gasteiger partial charge in [-0.15, -0.1) is 0 Å². The van der Waals surface area contributed by atoms with E-state index in [0.717, 1.165) is 32.1 Å². The Bertz CT molecular complexity index is 512. The molecule has 2 heteroatoms. The predicted molar refractivity (Wildman–Crippen MR) is 91.8 cm³/mol. The van der Waals surface area contributed by atoms with E-state index in [1.807, 2.05) is 6.08 Å². The zero-order valence-corrected chi connectivity index (χ0v) is 14.6. The van der Waals surface area contributed by atoms with E-state index in [1.54, 1.807) is 0 Å². The maximum absolute atomic E-state index is 12.2. The molecular weight excluding hydrogens is 272 g/mol. The van der Waals surface area contributed by atoms with E-state index in [4.69, 9.17) is 4.74 Å². The van der Waals surface area contributed by atoms with Gasteiger partial charge in [-0.3, -0.25) is 4.79 Å². The van der Waals surface area contributed by atoms with Gasteiger partial charge in [0.2, 0.25) is 0 Å². The first-order chi connectivity index (χ1) is 10.3. The van der Waals surface area contributed by atoms with Crippen LogP contribution < -0.4 is 0 Å². The van der Waals surface area contributed by atoms with Crippen LogP contribution in [0.15, 0.2) is 35.5 Å². The monoisotopic (exact) mass is 302 g/mol. The summed E-state index contributed by atoms with van der Waals surface area (Å²) in [5.74, 6) is 0.692. The van der Waals surface area contributed by atoms with Crippen LogP contribution >= 0.6 is 0 Å². The van der Waals surface area contributed by atoms with Gasteiger partial charge in [0.05, 0.1) is 11.7 Å². The molecule has 0 spiro atoms. The van der Waals surface area contributed by atoms with E-state index >= 15 is 0 Å². The van der Waals surface area contributed by atoms with Gasteiger partial charge in [0, 0.05) is 6.42 Å². The topological polar surface area (TPSA) is 29.6 Å². The van der Waals surface area contributed by atoms with Gasteiger partial charge in [-0.2, -0.15) is 0 Å².